The lowest BCUT2D eigenvalue weighted by Crippen LogP contribution is -2.46. The van der Waals surface area contributed by atoms with Crippen LogP contribution in [0.25, 0.3) is 0 Å². The third-order valence-corrected chi connectivity index (χ3v) is 8.74. The largest absolute Gasteiger partial charge is 0.369 e. The van der Waals surface area contributed by atoms with Crippen LogP contribution < -0.4 is 10.6 Å². The molecule has 3 aliphatic heterocycles. The highest BCUT2D eigenvalue weighted by molar-refractivity contribution is 5.99. The molecule has 0 spiro atoms. The van der Waals surface area contributed by atoms with Crippen LogP contribution >= 0.6 is 0 Å². The van der Waals surface area contributed by atoms with Crippen molar-refractivity contribution < 1.29 is 19.1 Å². The minimum Gasteiger partial charge on any atom is -0.369 e. The van der Waals surface area contributed by atoms with Crippen LogP contribution in [0.2, 0.25) is 0 Å². The zero-order valence-corrected chi connectivity index (χ0v) is 20.9. The number of carbonyl (C=O) groups excluding carboxylic acids is 3. The van der Waals surface area contributed by atoms with Crippen LogP contribution in [0.4, 0.5) is 5.69 Å². The average Bonchev–Trinajstić information content (AvgIpc) is 3.58. The molecule has 2 N–H and O–H groups in total. The maximum atomic E-state index is 14.3. The van der Waals surface area contributed by atoms with Crippen molar-refractivity contribution >= 4 is 23.3 Å². The van der Waals surface area contributed by atoms with Gasteiger partial charge in [-0.3, -0.25) is 14.4 Å². The molecule has 0 bridgehead atoms. The van der Waals surface area contributed by atoms with E-state index in [2.05, 4.69) is 23.8 Å². The van der Waals surface area contributed by atoms with Gasteiger partial charge in [-0.1, -0.05) is 19.8 Å². The van der Waals surface area contributed by atoms with Crippen LogP contribution in [0, 0.1) is 11.8 Å². The van der Waals surface area contributed by atoms with Crippen LogP contribution in [0.3, 0.4) is 0 Å². The molecule has 5 rings (SSSR count). The fraction of sp³-hybridized carbons (Fsp3) is 0.667. The summed E-state index contributed by atoms with van der Waals surface area (Å²) in [5.74, 6) is -0.735. The lowest BCUT2D eigenvalue weighted by molar-refractivity contribution is -0.138. The first-order valence-electron chi connectivity index (χ1n) is 13.2. The first kappa shape index (κ1) is 24.3. The molecule has 1 aliphatic carbocycles. The summed E-state index contributed by atoms with van der Waals surface area (Å²) < 4.78 is 5.82. The van der Waals surface area contributed by atoms with Gasteiger partial charge in [-0.15, -0.1) is 0 Å². The van der Waals surface area contributed by atoms with Crippen molar-refractivity contribution in [3.8, 4) is 0 Å². The van der Waals surface area contributed by atoms with Crippen LogP contribution in [0.5, 0.6) is 0 Å². The van der Waals surface area contributed by atoms with Crippen molar-refractivity contribution in [2.45, 2.75) is 57.1 Å². The van der Waals surface area contributed by atoms with Gasteiger partial charge >= 0.3 is 0 Å². The number of amides is 2. The monoisotopic (exact) mass is 482 g/mol. The second kappa shape index (κ2) is 9.90. The van der Waals surface area contributed by atoms with E-state index in [1.54, 1.807) is 11.0 Å². The molecule has 1 aromatic rings. The normalized spacial score (nSPS) is 28.5. The van der Waals surface area contributed by atoms with Crippen LogP contribution in [0.15, 0.2) is 18.2 Å². The fourth-order valence-corrected chi connectivity index (χ4v) is 6.69. The SMILES string of the molecule is CC[C@H]1CN(C(=O)[C@H](c2cc(N3CCN(C)CC3)ccc2C(N)=O)C2CCCC2)[C@@H]2C(=O)CO[C@H]12. The third kappa shape index (κ3) is 4.47. The Kier molecular flexibility index (Phi) is 6.86. The molecule has 4 aliphatic rings. The molecule has 190 valence electrons. The number of likely N-dealkylation sites (tertiary alicyclic amines) is 1. The molecular weight excluding hydrogens is 444 g/mol. The molecule has 3 saturated heterocycles. The van der Waals surface area contributed by atoms with Crippen LogP contribution in [0.1, 0.15) is 60.9 Å². The van der Waals surface area contributed by atoms with Gasteiger partial charge in [0.05, 0.1) is 12.0 Å². The molecule has 0 aromatic heterocycles. The maximum absolute atomic E-state index is 14.3. The number of ketones is 1. The highest BCUT2D eigenvalue weighted by Crippen LogP contribution is 2.43. The summed E-state index contributed by atoms with van der Waals surface area (Å²) in [7, 11) is 2.12. The van der Waals surface area contributed by atoms with E-state index in [0.717, 1.165) is 69.5 Å². The summed E-state index contributed by atoms with van der Waals surface area (Å²) in [5.41, 5.74) is 8.02. The minimum absolute atomic E-state index is 0.00853. The minimum atomic E-state index is -0.508. The standard InChI is InChI=1S/C27H38N4O4/c1-3-17-15-31(24-22(32)16-35-25(17)24)27(34)23(18-6-4-5-7-18)21-14-19(8-9-20(21)26(28)33)30-12-10-29(2)11-13-30/h8-9,14,17-18,23-25H,3-7,10-13,15-16H2,1-2H3,(H2,28,33)/t17-,23-,24+,25+/m0/s1. The molecule has 0 unspecified atom stereocenters. The van der Waals surface area contributed by atoms with E-state index >= 15 is 0 Å². The van der Waals surface area contributed by atoms with Crippen molar-refractivity contribution in [3.05, 3.63) is 29.3 Å². The van der Waals surface area contributed by atoms with Gasteiger partial charge in [-0.25, -0.2) is 0 Å². The first-order chi connectivity index (χ1) is 16.9. The number of primary amides is 1. The van der Waals surface area contributed by atoms with Crippen molar-refractivity contribution in [3.63, 3.8) is 0 Å². The van der Waals surface area contributed by atoms with Gasteiger partial charge in [0.1, 0.15) is 12.6 Å². The lowest BCUT2D eigenvalue weighted by Gasteiger charge is -2.35. The van der Waals surface area contributed by atoms with E-state index in [1.165, 1.54) is 0 Å². The van der Waals surface area contributed by atoms with E-state index in [1.807, 2.05) is 12.1 Å². The molecule has 1 aromatic carbocycles. The number of Topliss-reactive ketones (excluding diaryl/α,β-unsaturated/α-hetero) is 1. The Labute approximate surface area is 207 Å². The Morgan fingerprint density at radius 1 is 1.14 bits per heavy atom. The topological polar surface area (TPSA) is 96.2 Å². The van der Waals surface area contributed by atoms with Crippen molar-refractivity contribution in [2.75, 3.05) is 51.3 Å². The zero-order valence-electron chi connectivity index (χ0n) is 20.9. The predicted octanol–water partition coefficient (Wildman–Crippen LogP) is 2.02. The lowest BCUT2D eigenvalue weighted by atomic mass is 9.80. The summed E-state index contributed by atoms with van der Waals surface area (Å²) in [6.45, 7) is 6.42. The molecule has 8 nitrogen and oxygen atoms in total. The molecule has 35 heavy (non-hydrogen) atoms. The number of carbonyl (C=O) groups is 3. The van der Waals surface area contributed by atoms with Gasteiger partial charge < -0.3 is 25.2 Å². The van der Waals surface area contributed by atoms with E-state index < -0.39 is 17.9 Å². The first-order valence-corrected chi connectivity index (χ1v) is 13.2. The third-order valence-electron chi connectivity index (χ3n) is 8.74. The Morgan fingerprint density at radius 3 is 2.51 bits per heavy atom. The number of benzene rings is 1. The van der Waals surface area contributed by atoms with Gasteiger partial charge in [0.2, 0.25) is 11.8 Å². The summed E-state index contributed by atoms with van der Waals surface area (Å²) in [6.07, 6.45) is 4.67. The Bertz CT molecular complexity index is 983. The predicted molar refractivity (Wildman–Crippen MR) is 133 cm³/mol. The van der Waals surface area contributed by atoms with Gasteiger partial charge in [0.25, 0.3) is 0 Å². The summed E-state index contributed by atoms with van der Waals surface area (Å²) in [6, 6.07) is 5.28. The number of piperazine rings is 1. The van der Waals surface area contributed by atoms with E-state index in [0.29, 0.717) is 12.1 Å². The molecule has 4 atom stereocenters. The Balaban J connectivity index is 1.54. The summed E-state index contributed by atoms with van der Waals surface area (Å²) in [4.78, 5) is 46.1. The molecule has 0 radical (unpaired) electrons. The molecule has 8 heteroatoms. The number of nitrogens with two attached hydrogens (primary N) is 1. The van der Waals surface area contributed by atoms with Gasteiger partial charge in [-0.05, 0) is 56.0 Å². The molecule has 1 saturated carbocycles. The maximum Gasteiger partial charge on any atom is 0.249 e. The number of anilines is 1. The number of likely N-dealkylation sites (N-methyl/N-ethyl adjacent to an activating group) is 1. The van der Waals surface area contributed by atoms with E-state index in [4.69, 9.17) is 10.5 Å². The van der Waals surface area contributed by atoms with Gasteiger partial charge in [-0.2, -0.15) is 0 Å². The highest BCUT2D eigenvalue weighted by atomic mass is 16.5. The van der Waals surface area contributed by atoms with Gasteiger partial charge in [0, 0.05) is 49.9 Å². The molecule has 4 fully saturated rings. The smallest absolute Gasteiger partial charge is 0.249 e. The number of hydrogen-bond acceptors (Lipinski definition) is 6. The van der Waals surface area contributed by atoms with Crippen LogP contribution in [-0.4, -0.2) is 85.9 Å². The number of nitrogens with zero attached hydrogens (tertiary/aromatic N) is 3. The zero-order chi connectivity index (χ0) is 24.7. The Hall–Kier alpha value is -2.45. The number of fused-ring (bicyclic) bond motifs is 1. The summed E-state index contributed by atoms with van der Waals surface area (Å²) >= 11 is 0. The second-order valence-corrected chi connectivity index (χ2v) is 10.8. The average molecular weight is 483 g/mol. The second-order valence-electron chi connectivity index (χ2n) is 10.8. The van der Waals surface area contributed by atoms with Gasteiger partial charge in [0.15, 0.2) is 5.78 Å². The van der Waals surface area contributed by atoms with Crippen molar-refractivity contribution in [2.24, 2.45) is 17.6 Å². The number of rotatable bonds is 6. The van der Waals surface area contributed by atoms with Crippen molar-refractivity contribution in [1.82, 2.24) is 9.80 Å². The van der Waals surface area contributed by atoms with Crippen molar-refractivity contribution in [1.29, 1.82) is 0 Å². The highest BCUT2D eigenvalue weighted by Gasteiger charge is 2.53. The van der Waals surface area contributed by atoms with Crippen LogP contribution in [-0.2, 0) is 14.3 Å². The Morgan fingerprint density at radius 2 is 1.86 bits per heavy atom. The van der Waals surface area contributed by atoms with E-state index in [-0.39, 0.29) is 36.2 Å². The summed E-state index contributed by atoms with van der Waals surface area (Å²) in [5, 5.41) is 0. The fourth-order valence-electron chi connectivity index (χ4n) is 6.69. The molecular formula is C27H38N4O4. The molecule has 2 amide bonds. The molecule has 3 heterocycles. The number of hydrogen-bond donors (Lipinski definition) is 1. The van der Waals surface area contributed by atoms with E-state index in [9.17, 15) is 14.4 Å². The number of ether oxygens (including phenoxy) is 1. The quantitative estimate of drug-likeness (QED) is 0.667.